The van der Waals surface area contributed by atoms with Crippen molar-refractivity contribution < 1.29 is 4.79 Å². The minimum atomic E-state index is -0.327. The van der Waals surface area contributed by atoms with Crippen molar-refractivity contribution in [2.24, 2.45) is 10.9 Å². The van der Waals surface area contributed by atoms with Gasteiger partial charge < -0.3 is 29.9 Å². The van der Waals surface area contributed by atoms with Gasteiger partial charge in [0.1, 0.15) is 17.7 Å². The van der Waals surface area contributed by atoms with Crippen LogP contribution >= 0.6 is 0 Å². The van der Waals surface area contributed by atoms with Gasteiger partial charge in [-0.2, -0.15) is 0 Å². The predicted octanol–water partition coefficient (Wildman–Crippen LogP) is 4.40. The van der Waals surface area contributed by atoms with Crippen molar-refractivity contribution in [2.75, 3.05) is 33.2 Å². The average molecular weight is 618 g/mol. The molecule has 3 aliphatic heterocycles. The summed E-state index contributed by atoms with van der Waals surface area (Å²) in [5.41, 5.74) is 6.55. The Balaban J connectivity index is 1.02. The molecule has 2 aromatic carbocycles. The number of hydrogen-bond donors (Lipinski definition) is 3. The molecule has 0 bridgehead atoms. The number of rotatable bonds is 8. The summed E-state index contributed by atoms with van der Waals surface area (Å²) < 4.78 is 0. The second-order valence-electron chi connectivity index (χ2n) is 13.3. The Morgan fingerprint density at radius 1 is 0.826 bits per heavy atom. The van der Waals surface area contributed by atoms with E-state index in [2.05, 4.69) is 105 Å². The van der Waals surface area contributed by atoms with Gasteiger partial charge in [0.05, 0.1) is 42.4 Å². The first-order chi connectivity index (χ1) is 22.4. The third kappa shape index (κ3) is 5.96. The predicted molar refractivity (Wildman–Crippen MR) is 185 cm³/mol. The highest BCUT2D eigenvalue weighted by Gasteiger charge is 2.37. The molecular formula is C35H44BN9O. The fourth-order valence-corrected chi connectivity index (χ4v) is 7.08. The minimum absolute atomic E-state index is 0.0599. The number of aromatic amines is 2. The molecule has 11 heteroatoms. The van der Waals surface area contributed by atoms with Crippen LogP contribution in [0.3, 0.4) is 0 Å². The largest absolute Gasteiger partial charge is 0.344 e. The Kier molecular flexibility index (Phi) is 8.42. The summed E-state index contributed by atoms with van der Waals surface area (Å²) in [6.07, 6.45) is 8.08. The molecule has 2 fully saturated rings. The van der Waals surface area contributed by atoms with Gasteiger partial charge in [0.25, 0.3) is 0 Å². The van der Waals surface area contributed by atoms with Gasteiger partial charge in [0.15, 0.2) is 13.9 Å². The number of hydrogen-bond acceptors (Lipinski definition) is 7. The van der Waals surface area contributed by atoms with Crippen molar-refractivity contribution in [2.45, 2.75) is 57.7 Å². The van der Waals surface area contributed by atoms with E-state index in [9.17, 15) is 4.79 Å². The van der Waals surface area contributed by atoms with E-state index < -0.39 is 0 Å². The Morgan fingerprint density at radius 3 is 1.89 bits per heavy atom. The van der Waals surface area contributed by atoms with Crippen LogP contribution in [-0.2, 0) is 4.79 Å². The highest BCUT2D eigenvalue weighted by Crippen LogP contribution is 2.34. The minimum Gasteiger partial charge on any atom is -0.344 e. The molecule has 0 radical (unpaired) electrons. The van der Waals surface area contributed by atoms with Crippen molar-refractivity contribution >= 4 is 19.8 Å². The average Bonchev–Trinajstić information content (AvgIpc) is 3.91. The highest BCUT2D eigenvalue weighted by molar-refractivity contribution is 6.04. The molecule has 3 N–H and O–H groups in total. The number of likely N-dealkylation sites (tertiary alicyclic amines) is 1. The van der Waals surface area contributed by atoms with Crippen LogP contribution in [0.15, 0.2) is 65.9 Å². The summed E-state index contributed by atoms with van der Waals surface area (Å²) in [4.78, 5) is 41.4. The summed E-state index contributed by atoms with van der Waals surface area (Å²) in [6.45, 7) is 7.68. The summed E-state index contributed by atoms with van der Waals surface area (Å²) in [5, 5.41) is 3.44. The lowest BCUT2D eigenvalue weighted by atomic mass is 10.0. The molecule has 3 atom stereocenters. The van der Waals surface area contributed by atoms with Crippen LogP contribution in [-0.4, -0.2) is 93.7 Å². The van der Waals surface area contributed by atoms with Gasteiger partial charge in [-0.05, 0) is 60.4 Å². The third-order valence-electron chi connectivity index (χ3n) is 9.88. The maximum Gasteiger partial charge on any atom is 0.246 e. The van der Waals surface area contributed by atoms with E-state index in [1.54, 1.807) is 0 Å². The van der Waals surface area contributed by atoms with E-state index in [-0.39, 0.29) is 23.9 Å². The van der Waals surface area contributed by atoms with Crippen LogP contribution in [0.2, 0.25) is 0 Å². The molecule has 2 aromatic heterocycles. The van der Waals surface area contributed by atoms with Gasteiger partial charge in [-0.3, -0.25) is 9.79 Å². The van der Waals surface area contributed by atoms with Crippen LogP contribution in [0.4, 0.5) is 0 Å². The molecule has 5 heterocycles. The van der Waals surface area contributed by atoms with E-state index in [0.29, 0.717) is 6.04 Å². The maximum atomic E-state index is 13.8. The summed E-state index contributed by atoms with van der Waals surface area (Å²) in [5.74, 6) is 2.96. The second-order valence-corrected chi connectivity index (χ2v) is 13.3. The Bertz CT molecular complexity index is 1690. The van der Waals surface area contributed by atoms with E-state index in [1.807, 2.05) is 24.3 Å². The molecule has 4 aromatic rings. The molecular weight excluding hydrogens is 573 g/mol. The molecule has 3 aliphatic rings. The van der Waals surface area contributed by atoms with Crippen molar-refractivity contribution in [3.05, 3.63) is 72.6 Å². The fraction of sp³-hybridized carbons (Fsp3) is 0.429. The normalized spacial score (nSPS) is 20.9. The maximum absolute atomic E-state index is 13.8. The number of nitrogens with zero attached hydrogens (tertiary/aromatic N) is 6. The number of guanidine groups is 1. The van der Waals surface area contributed by atoms with Crippen LogP contribution in [0.5, 0.6) is 0 Å². The topological polar surface area (TPSA) is 109 Å². The molecule has 7 rings (SSSR count). The Morgan fingerprint density at radius 2 is 1.37 bits per heavy atom. The number of aromatic nitrogens is 4. The number of aliphatic imine (C=N–C) groups is 1. The summed E-state index contributed by atoms with van der Waals surface area (Å²) >= 11 is 0. The first kappa shape index (κ1) is 30.3. The fourth-order valence-electron chi connectivity index (χ4n) is 7.08. The monoisotopic (exact) mass is 617 g/mol. The number of carbonyl (C=O) groups is 1. The van der Waals surface area contributed by atoms with Crippen LogP contribution in [0.1, 0.15) is 63.3 Å². The van der Waals surface area contributed by atoms with Crippen molar-refractivity contribution in [3.63, 3.8) is 0 Å². The quantitative estimate of drug-likeness (QED) is 0.253. The lowest BCUT2D eigenvalue weighted by Gasteiger charge is -2.31. The second kappa shape index (κ2) is 12.8. The molecule has 0 unspecified atom stereocenters. The molecule has 10 nitrogen and oxygen atoms in total. The van der Waals surface area contributed by atoms with E-state index in [1.165, 1.54) is 12.0 Å². The van der Waals surface area contributed by atoms with Crippen LogP contribution in [0.25, 0.3) is 33.6 Å². The number of imidazole rings is 2. The number of benzene rings is 2. The zero-order chi connectivity index (χ0) is 31.8. The molecule has 0 saturated carbocycles. The highest BCUT2D eigenvalue weighted by atomic mass is 16.2. The van der Waals surface area contributed by atoms with E-state index in [0.717, 1.165) is 91.1 Å². The lowest BCUT2D eigenvalue weighted by Crippen LogP contribution is -2.53. The molecule has 0 aliphatic carbocycles. The first-order valence-corrected chi connectivity index (χ1v) is 16.7. The Labute approximate surface area is 272 Å². The molecule has 238 valence electrons. The third-order valence-corrected chi connectivity index (χ3v) is 9.88. The molecule has 2 saturated heterocycles. The number of carbonyl (C=O) groups excluding carboxylic acids is 1. The van der Waals surface area contributed by atoms with Gasteiger partial charge in [-0.1, -0.05) is 62.4 Å². The van der Waals surface area contributed by atoms with Gasteiger partial charge in [0, 0.05) is 20.1 Å². The van der Waals surface area contributed by atoms with Gasteiger partial charge in [0.2, 0.25) is 5.91 Å². The van der Waals surface area contributed by atoms with Crippen molar-refractivity contribution in [1.82, 2.24) is 39.9 Å². The van der Waals surface area contributed by atoms with Gasteiger partial charge in [-0.15, -0.1) is 0 Å². The summed E-state index contributed by atoms with van der Waals surface area (Å²) in [7, 11) is 4.18. The van der Waals surface area contributed by atoms with Crippen molar-refractivity contribution in [3.8, 4) is 33.6 Å². The smallest absolute Gasteiger partial charge is 0.246 e. The SMILES string of the molecule is BN1CCC[C@H]1c1ncc(-c2ccc(-c3ccc(-c4cnc([C@@H]5CCCN5C(=O)[C@H](NC5=NCCN5C)C(C)C)[nH]4)cc3)cc2)[nH]1. The lowest BCUT2D eigenvalue weighted by molar-refractivity contribution is -0.135. The van der Waals surface area contributed by atoms with Crippen LogP contribution < -0.4 is 5.32 Å². The standard InChI is InChI=1S/C35H44BN9O/c1-22(2)31(42-35-37-16-19-43(35)3)34(46)44-17-4-6-29(44)32-38-20-27(40-32)25-12-8-23(9-13-25)24-10-14-26(15-11-24)28-21-39-33(41-28)30-7-5-18-45(30)36/h8-15,20-22,29-31H,4-7,16-19,36H2,1-3H3,(H,37,42)(H,38,40)(H,39,41)/t29-,30-,31+/m0/s1. The number of nitrogens with one attached hydrogen (secondary N) is 3. The van der Waals surface area contributed by atoms with Crippen molar-refractivity contribution in [1.29, 1.82) is 0 Å². The molecule has 1 amide bonds. The van der Waals surface area contributed by atoms with E-state index in [4.69, 9.17) is 4.98 Å². The first-order valence-electron chi connectivity index (χ1n) is 16.7. The van der Waals surface area contributed by atoms with Crippen LogP contribution in [0, 0.1) is 5.92 Å². The zero-order valence-corrected chi connectivity index (χ0v) is 27.3. The number of likely N-dealkylation sites (N-methyl/N-ethyl adjacent to an activating group) is 1. The molecule has 46 heavy (non-hydrogen) atoms. The van der Waals surface area contributed by atoms with E-state index >= 15 is 0 Å². The zero-order valence-electron chi connectivity index (χ0n) is 27.3. The van der Waals surface area contributed by atoms with Gasteiger partial charge in [-0.25, -0.2) is 9.97 Å². The molecule has 0 spiro atoms. The number of H-pyrrole nitrogens is 2. The number of amides is 1. The Hall–Kier alpha value is -4.38. The van der Waals surface area contributed by atoms with Gasteiger partial charge >= 0.3 is 0 Å². The summed E-state index contributed by atoms with van der Waals surface area (Å²) in [6, 6.07) is 17.2.